The van der Waals surface area contributed by atoms with Crippen molar-refractivity contribution in [3.05, 3.63) is 66.6 Å². The Hall–Kier alpha value is -2.50. The number of halogens is 1. The van der Waals surface area contributed by atoms with Gasteiger partial charge in [0.05, 0.1) is 45.6 Å². The number of hydrogen-bond acceptors (Lipinski definition) is 3. The molecule has 1 aliphatic heterocycles. The molecular weight excluding hydrogens is 412 g/mol. The average Bonchev–Trinajstić information content (AvgIpc) is 3.33. The largest absolute Gasteiger partial charge is 1.00 e. The lowest BCUT2D eigenvalue weighted by atomic mass is 10.1. The van der Waals surface area contributed by atoms with Gasteiger partial charge in [-0.15, -0.1) is 0 Å². The molecule has 1 fully saturated rings. The maximum absolute atomic E-state index is 12.3. The quantitative estimate of drug-likeness (QED) is 0.488. The Morgan fingerprint density at radius 2 is 1.71 bits per heavy atom. The molecule has 0 saturated carbocycles. The zero-order valence-corrected chi connectivity index (χ0v) is 18.7. The van der Waals surface area contributed by atoms with Crippen molar-refractivity contribution >= 4 is 16.7 Å². The minimum Gasteiger partial charge on any atom is -1.00 e. The van der Waals surface area contributed by atoms with E-state index in [0.29, 0.717) is 5.76 Å². The van der Waals surface area contributed by atoms with Crippen LogP contribution >= 0.6 is 0 Å². The number of ether oxygens (including phenoxy) is 1. The highest BCUT2D eigenvalue weighted by molar-refractivity contribution is 5.91. The number of fused-ring (bicyclic) bond motifs is 1. The van der Waals surface area contributed by atoms with Gasteiger partial charge in [0.15, 0.2) is 5.76 Å². The molecule has 0 spiro atoms. The lowest BCUT2D eigenvalue weighted by Crippen LogP contribution is -3.14. The highest BCUT2D eigenvalue weighted by Crippen LogP contribution is 2.25. The van der Waals surface area contributed by atoms with Gasteiger partial charge in [-0.25, -0.2) is 0 Å². The van der Waals surface area contributed by atoms with Crippen LogP contribution in [0.4, 0.5) is 0 Å². The number of piperazine rings is 1. The average molecular weight is 443 g/mol. The van der Waals surface area contributed by atoms with Crippen LogP contribution in [0.3, 0.4) is 0 Å². The first kappa shape index (κ1) is 23.2. The van der Waals surface area contributed by atoms with Crippen molar-refractivity contribution in [3.63, 3.8) is 0 Å². The predicted molar refractivity (Wildman–Crippen MR) is 118 cm³/mol. The summed E-state index contributed by atoms with van der Waals surface area (Å²) in [7, 11) is 0. The summed E-state index contributed by atoms with van der Waals surface area (Å²) in [4.78, 5) is 15.8. The zero-order chi connectivity index (χ0) is 20.6. The van der Waals surface area contributed by atoms with Crippen molar-refractivity contribution in [2.45, 2.75) is 25.7 Å². The van der Waals surface area contributed by atoms with Crippen molar-refractivity contribution < 1.29 is 31.3 Å². The normalized spacial score (nSPS) is 14.4. The van der Waals surface area contributed by atoms with E-state index in [9.17, 15) is 4.79 Å². The van der Waals surface area contributed by atoms with Gasteiger partial charge in [0.2, 0.25) is 0 Å². The van der Waals surface area contributed by atoms with Crippen molar-refractivity contribution in [1.29, 1.82) is 0 Å². The van der Waals surface area contributed by atoms with E-state index in [1.54, 1.807) is 23.3 Å². The predicted octanol–water partition coefficient (Wildman–Crippen LogP) is 0.417. The van der Waals surface area contributed by atoms with Gasteiger partial charge in [0.25, 0.3) is 5.91 Å². The summed E-state index contributed by atoms with van der Waals surface area (Å²) >= 11 is 0. The van der Waals surface area contributed by atoms with E-state index in [1.807, 2.05) is 4.90 Å². The second-order valence-electron chi connectivity index (χ2n) is 8.01. The van der Waals surface area contributed by atoms with Gasteiger partial charge in [-0.3, -0.25) is 4.79 Å². The van der Waals surface area contributed by atoms with Gasteiger partial charge in [-0.05, 0) is 49.3 Å². The Morgan fingerprint density at radius 3 is 2.52 bits per heavy atom. The first-order valence-corrected chi connectivity index (χ1v) is 11.1. The Kier molecular flexibility index (Phi) is 8.80. The molecule has 166 valence electrons. The third-order valence-corrected chi connectivity index (χ3v) is 5.92. The standard InChI is InChI=1S/C25H30N2O3.ClH/c28-25(24-13-8-20-30-24)27-17-15-26(16-18-27)14-5-1-2-6-19-29-23-12-7-10-21-9-3-4-11-22(21)23;/h3-4,7-13,20H,1-2,5-6,14-19H2;1H. The number of quaternary nitrogens is 1. The second kappa shape index (κ2) is 11.8. The number of rotatable bonds is 9. The van der Waals surface area contributed by atoms with E-state index >= 15 is 0 Å². The topological polar surface area (TPSA) is 47.1 Å². The summed E-state index contributed by atoms with van der Waals surface area (Å²) in [5.41, 5.74) is 0. The number of benzene rings is 2. The lowest BCUT2D eigenvalue weighted by Gasteiger charge is -2.31. The molecule has 5 nitrogen and oxygen atoms in total. The molecule has 1 amide bonds. The van der Waals surface area contributed by atoms with Crippen LogP contribution in [0.1, 0.15) is 36.2 Å². The van der Waals surface area contributed by atoms with Crippen molar-refractivity contribution in [2.75, 3.05) is 39.3 Å². The van der Waals surface area contributed by atoms with Crippen LogP contribution in [0.2, 0.25) is 0 Å². The molecule has 1 saturated heterocycles. The minimum absolute atomic E-state index is 0. The number of nitrogens with zero attached hydrogens (tertiary/aromatic N) is 1. The third kappa shape index (κ3) is 6.25. The van der Waals surface area contributed by atoms with Crippen LogP contribution in [0.15, 0.2) is 65.3 Å². The van der Waals surface area contributed by atoms with Crippen molar-refractivity contribution in [1.82, 2.24) is 4.90 Å². The van der Waals surface area contributed by atoms with Gasteiger partial charge in [-0.1, -0.05) is 36.4 Å². The molecule has 1 N–H and O–H groups in total. The van der Waals surface area contributed by atoms with E-state index in [1.165, 1.54) is 36.6 Å². The lowest BCUT2D eigenvalue weighted by molar-refractivity contribution is -0.904. The Balaban J connectivity index is 0.00000272. The SMILES string of the molecule is O=C(c1ccco1)N1CC[NH+](CCCCCCOc2cccc3ccccc23)CC1.[Cl-]. The van der Waals surface area contributed by atoms with Crippen LogP contribution in [0.25, 0.3) is 10.8 Å². The van der Waals surface area contributed by atoms with E-state index in [0.717, 1.165) is 45.0 Å². The number of unbranched alkanes of at least 4 members (excludes halogenated alkanes) is 3. The van der Waals surface area contributed by atoms with Crippen LogP contribution < -0.4 is 22.0 Å². The summed E-state index contributed by atoms with van der Waals surface area (Å²) < 4.78 is 11.3. The summed E-state index contributed by atoms with van der Waals surface area (Å²) in [6, 6.07) is 18.1. The smallest absolute Gasteiger partial charge is 0.289 e. The highest BCUT2D eigenvalue weighted by atomic mass is 35.5. The fourth-order valence-corrected chi connectivity index (χ4v) is 4.17. The molecule has 0 atom stereocenters. The molecule has 1 aliphatic rings. The van der Waals surface area contributed by atoms with Gasteiger partial charge >= 0.3 is 0 Å². The molecular formula is C25H31ClN2O3. The first-order valence-electron chi connectivity index (χ1n) is 11.1. The number of hydrogen-bond donors (Lipinski definition) is 1. The Bertz CT molecular complexity index is 932. The van der Waals surface area contributed by atoms with Crippen LogP contribution in [0.5, 0.6) is 5.75 Å². The van der Waals surface area contributed by atoms with Crippen molar-refractivity contribution in [2.24, 2.45) is 0 Å². The minimum atomic E-state index is 0. The van der Waals surface area contributed by atoms with Crippen LogP contribution in [0, 0.1) is 0 Å². The summed E-state index contributed by atoms with van der Waals surface area (Å²) in [6.07, 6.45) is 6.31. The number of nitrogens with one attached hydrogen (secondary N) is 1. The fraction of sp³-hybridized carbons (Fsp3) is 0.400. The molecule has 3 aromatic rings. The number of amides is 1. The van der Waals surface area contributed by atoms with Gasteiger partial charge in [0.1, 0.15) is 5.75 Å². The van der Waals surface area contributed by atoms with E-state index in [-0.39, 0.29) is 18.3 Å². The van der Waals surface area contributed by atoms with Crippen LogP contribution in [-0.2, 0) is 0 Å². The zero-order valence-electron chi connectivity index (χ0n) is 17.9. The molecule has 6 heteroatoms. The van der Waals surface area contributed by atoms with E-state index in [4.69, 9.17) is 9.15 Å². The van der Waals surface area contributed by atoms with Gasteiger partial charge < -0.3 is 31.4 Å². The molecule has 31 heavy (non-hydrogen) atoms. The van der Waals surface area contributed by atoms with E-state index in [2.05, 4.69) is 42.5 Å². The summed E-state index contributed by atoms with van der Waals surface area (Å²) in [6.45, 7) is 5.64. The van der Waals surface area contributed by atoms with Crippen molar-refractivity contribution in [3.8, 4) is 5.75 Å². The number of carbonyl (C=O) groups excluding carboxylic acids is 1. The van der Waals surface area contributed by atoms with Gasteiger partial charge in [-0.2, -0.15) is 0 Å². The molecule has 0 radical (unpaired) electrons. The summed E-state index contributed by atoms with van der Waals surface area (Å²) in [5, 5.41) is 2.41. The van der Waals surface area contributed by atoms with Crippen LogP contribution in [-0.4, -0.2) is 50.1 Å². The Morgan fingerprint density at radius 1 is 0.935 bits per heavy atom. The van der Waals surface area contributed by atoms with Gasteiger partial charge in [0, 0.05) is 5.39 Å². The molecule has 1 aromatic heterocycles. The Labute approximate surface area is 190 Å². The number of furan rings is 1. The number of carbonyl (C=O) groups is 1. The fourth-order valence-electron chi connectivity index (χ4n) is 4.17. The maximum Gasteiger partial charge on any atom is 0.289 e. The molecule has 0 unspecified atom stereocenters. The molecule has 4 rings (SSSR count). The molecule has 0 bridgehead atoms. The monoisotopic (exact) mass is 442 g/mol. The molecule has 2 heterocycles. The maximum atomic E-state index is 12.3. The summed E-state index contributed by atoms with van der Waals surface area (Å²) in [5.74, 6) is 1.45. The third-order valence-electron chi connectivity index (χ3n) is 5.92. The van der Waals surface area contributed by atoms with E-state index < -0.39 is 0 Å². The second-order valence-corrected chi connectivity index (χ2v) is 8.01. The molecule has 2 aromatic carbocycles. The highest BCUT2D eigenvalue weighted by Gasteiger charge is 2.25. The molecule has 0 aliphatic carbocycles. The first-order chi connectivity index (χ1) is 14.8.